The number of ether oxygens (including phenoxy) is 1. The molecule has 0 bridgehead atoms. The van der Waals surface area contributed by atoms with Gasteiger partial charge in [0.15, 0.2) is 0 Å². The molecule has 0 unspecified atom stereocenters. The summed E-state index contributed by atoms with van der Waals surface area (Å²) in [7, 11) is 1.65. The third kappa shape index (κ3) is 4.12. The van der Waals surface area contributed by atoms with Crippen molar-refractivity contribution in [2.45, 2.75) is 39.2 Å². The van der Waals surface area contributed by atoms with Gasteiger partial charge in [-0.3, -0.25) is 4.79 Å². The van der Waals surface area contributed by atoms with E-state index >= 15 is 0 Å². The van der Waals surface area contributed by atoms with E-state index < -0.39 is 5.97 Å². The van der Waals surface area contributed by atoms with Crippen molar-refractivity contribution in [3.8, 4) is 5.75 Å². The summed E-state index contributed by atoms with van der Waals surface area (Å²) in [6.45, 7) is 6.30. The number of carboxylic acid groups (broad SMARTS) is 1. The molecule has 1 aromatic heterocycles. The molecule has 136 valence electrons. The molecular weight excluding hydrogens is 318 g/mol. The molecule has 2 atom stereocenters. The molecule has 2 N–H and O–H groups in total. The van der Waals surface area contributed by atoms with Crippen molar-refractivity contribution in [3.63, 3.8) is 0 Å². The fourth-order valence-electron chi connectivity index (χ4n) is 3.82. The number of rotatable bonds is 6. The van der Waals surface area contributed by atoms with Crippen molar-refractivity contribution in [3.05, 3.63) is 24.0 Å². The Hall–Kier alpha value is -2.08. The number of H-pyrrole nitrogens is 1. The van der Waals surface area contributed by atoms with Crippen molar-refractivity contribution in [2.75, 3.05) is 20.2 Å². The molecule has 1 saturated heterocycles. The highest BCUT2D eigenvalue weighted by Gasteiger charge is 2.32. The number of aromatic amines is 1. The van der Waals surface area contributed by atoms with Crippen molar-refractivity contribution in [1.29, 1.82) is 0 Å². The minimum atomic E-state index is -0.706. The van der Waals surface area contributed by atoms with Crippen LogP contribution in [0.4, 0.5) is 0 Å². The van der Waals surface area contributed by atoms with Crippen LogP contribution in [-0.4, -0.2) is 52.2 Å². The largest absolute Gasteiger partial charge is 0.497 e. The van der Waals surface area contributed by atoms with Gasteiger partial charge in [0, 0.05) is 31.5 Å². The number of aromatic nitrogens is 2. The topological polar surface area (TPSA) is 78.4 Å². The molecular formula is C19H27N3O3. The fraction of sp³-hybridized carbons (Fsp3) is 0.579. The smallest absolute Gasteiger partial charge is 0.303 e. The molecule has 1 aromatic carbocycles. The van der Waals surface area contributed by atoms with Gasteiger partial charge in [0.2, 0.25) is 0 Å². The summed E-state index contributed by atoms with van der Waals surface area (Å²) in [6, 6.07) is 6.28. The number of imidazole rings is 1. The summed E-state index contributed by atoms with van der Waals surface area (Å²) in [4.78, 5) is 21.7. The highest BCUT2D eigenvalue weighted by Crippen LogP contribution is 2.30. The van der Waals surface area contributed by atoms with Crippen molar-refractivity contribution in [2.24, 2.45) is 11.8 Å². The van der Waals surface area contributed by atoms with Gasteiger partial charge in [0.1, 0.15) is 11.6 Å². The molecule has 1 aliphatic rings. The van der Waals surface area contributed by atoms with Gasteiger partial charge in [-0.1, -0.05) is 0 Å². The van der Waals surface area contributed by atoms with E-state index in [4.69, 9.17) is 4.74 Å². The Morgan fingerprint density at radius 3 is 2.92 bits per heavy atom. The Kier molecular flexibility index (Phi) is 5.27. The summed E-state index contributed by atoms with van der Waals surface area (Å²) in [5, 5.41) is 9.25. The third-order valence-corrected chi connectivity index (χ3v) is 5.28. The minimum Gasteiger partial charge on any atom is -0.497 e. The quantitative estimate of drug-likeness (QED) is 0.841. The zero-order valence-electron chi connectivity index (χ0n) is 15.2. The number of aliphatic carboxylic acids is 1. The lowest BCUT2D eigenvalue weighted by molar-refractivity contribution is -0.139. The van der Waals surface area contributed by atoms with Crippen LogP contribution in [0.25, 0.3) is 11.0 Å². The molecule has 0 radical (unpaired) electrons. The van der Waals surface area contributed by atoms with Crippen molar-refractivity contribution in [1.82, 2.24) is 14.9 Å². The highest BCUT2D eigenvalue weighted by molar-refractivity contribution is 5.76. The second-order valence-corrected chi connectivity index (χ2v) is 7.27. The lowest BCUT2D eigenvalue weighted by atomic mass is 9.80. The Morgan fingerprint density at radius 2 is 2.24 bits per heavy atom. The zero-order chi connectivity index (χ0) is 18.0. The normalized spacial score (nSPS) is 21.8. The monoisotopic (exact) mass is 345 g/mol. The SMILES string of the molecule is COc1ccc2nc(C[C@H]3CN(C(C)C)CC[C@H]3CC(=O)O)[nH]c2c1. The van der Waals surface area contributed by atoms with Crippen LogP contribution in [0.15, 0.2) is 18.2 Å². The molecule has 6 nitrogen and oxygen atoms in total. The Morgan fingerprint density at radius 1 is 1.44 bits per heavy atom. The van der Waals surface area contributed by atoms with E-state index in [0.717, 1.165) is 48.5 Å². The van der Waals surface area contributed by atoms with Crippen LogP contribution in [0.2, 0.25) is 0 Å². The molecule has 25 heavy (non-hydrogen) atoms. The summed E-state index contributed by atoms with van der Waals surface area (Å²) in [5.41, 5.74) is 1.88. The molecule has 0 saturated carbocycles. The van der Waals surface area contributed by atoms with Crippen LogP contribution in [0.1, 0.15) is 32.5 Å². The number of carbonyl (C=O) groups is 1. The van der Waals surface area contributed by atoms with Gasteiger partial charge in [-0.25, -0.2) is 4.98 Å². The number of hydrogen-bond donors (Lipinski definition) is 2. The Balaban J connectivity index is 1.79. The molecule has 6 heteroatoms. The lowest BCUT2D eigenvalue weighted by Gasteiger charge is -2.40. The average Bonchev–Trinajstić information content (AvgIpc) is 2.97. The molecule has 2 heterocycles. The first kappa shape index (κ1) is 17.7. The molecule has 3 rings (SSSR count). The maximum atomic E-state index is 11.2. The zero-order valence-corrected chi connectivity index (χ0v) is 15.2. The average molecular weight is 345 g/mol. The lowest BCUT2D eigenvalue weighted by Crippen LogP contribution is -2.45. The van der Waals surface area contributed by atoms with E-state index in [0.29, 0.717) is 12.0 Å². The van der Waals surface area contributed by atoms with E-state index in [1.807, 2.05) is 18.2 Å². The van der Waals surface area contributed by atoms with E-state index in [9.17, 15) is 9.90 Å². The minimum absolute atomic E-state index is 0.204. The van der Waals surface area contributed by atoms with Crippen molar-refractivity contribution >= 4 is 17.0 Å². The highest BCUT2D eigenvalue weighted by atomic mass is 16.5. The number of fused-ring (bicyclic) bond motifs is 1. The third-order valence-electron chi connectivity index (χ3n) is 5.28. The number of carboxylic acids is 1. The first-order chi connectivity index (χ1) is 12.0. The fourth-order valence-corrected chi connectivity index (χ4v) is 3.82. The van der Waals surface area contributed by atoms with E-state index in [1.165, 1.54) is 0 Å². The summed E-state index contributed by atoms with van der Waals surface area (Å²) in [5.74, 6) is 1.52. The van der Waals surface area contributed by atoms with Gasteiger partial charge in [-0.15, -0.1) is 0 Å². The second kappa shape index (κ2) is 7.44. The number of nitrogens with zero attached hydrogens (tertiary/aromatic N) is 2. The van der Waals surface area contributed by atoms with Gasteiger partial charge in [0.05, 0.1) is 18.1 Å². The summed E-state index contributed by atoms with van der Waals surface area (Å²) >= 11 is 0. The van der Waals surface area contributed by atoms with Crippen molar-refractivity contribution < 1.29 is 14.6 Å². The first-order valence-corrected chi connectivity index (χ1v) is 8.94. The van der Waals surface area contributed by atoms with Gasteiger partial charge >= 0.3 is 5.97 Å². The Bertz CT molecular complexity index is 741. The number of hydrogen-bond acceptors (Lipinski definition) is 4. The number of methoxy groups -OCH3 is 1. The molecule has 2 aromatic rings. The van der Waals surface area contributed by atoms with Crippen LogP contribution >= 0.6 is 0 Å². The van der Waals surface area contributed by atoms with Gasteiger partial charge in [-0.2, -0.15) is 0 Å². The Labute approximate surface area is 148 Å². The van der Waals surface area contributed by atoms with Gasteiger partial charge in [0.25, 0.3) is 0 Å². The molecule has 1 aliphatic heterocycles. The summed E-state index contributed by atoms with van der Waals surface area (Å²) in [6.07, 6.45) is 1.95. The number of piperidine rings is 1. The van der Waals surface area contributed by atoms with Crippen LogP contribution < -0.4 is 4.74 Å². The molecule has 0 spiro atoms. The standard InChI is InChI=1S/C19H27N3O3/c1-12(2)22-7-6-13(9-19(23)24)14(11-22)8-18-20-16-5-4-15(25-3)10-17(16)21-18/h4-5,10,12-14H,6-9,11H2,1-3H3,(H,20,21)(H,23,24)/t13-,14-/m0/s1. The molecule has 0 amide bonds. The number of nitrogens with one attached hydrogen (secondary N) is 1. The first-order valence-electron chi connectivity index (χ1n) is 8.94. The maximum absolute atomic E-state index is 11.2. The second-order valence-electron chi connectivity index (χ2n) is 7.27. The predicted octanol–water partition coefficient (Wildman–Crippen LogP) is 2.94. The predicted molar refractivity (Wildman–Crippen MR) is 96.9 cm³/mol. The van der Waals surface area contributed by atoms with Crippen LogP contribution in [0.3, 0.4) is 0 Å². The molecule has 0 aliphatic carbocycles. The molecule has 1 fully saturated rings. The van der Waals surface area contributed by atoms with E-state index in [2.05, 4.69) is 28.7 Å². The number of benzene rings is 1. The van der Waals surface area contributed by atoms with E-state index in [1.54, 1.807) is 7.11 Å². The van der Waals surface area contributed by atoms with Gasteiger partial charge < -0.3 is 19.7 Å². The van der Waals surface area contributed by atoms with Gasteiger partial charge in [-0.05, 0) is 50.8 Å². The summed E-state index contributed by atoms with van der Waals surface area (Å²) < 4.78 is 5.26. The van der Waals surface area contributed by atoms with Crippen LogP contribution in [0, 0.1) is 11.8 Å². The van der Waals surface area contributed by atoms with Crippen LogP contribution in [-0.2, 0) is 11.2 Å². The number of likely N-dealkylation sites (tertiary alicyclic amines) is 1. The van der Waals surface area contributed by atoms with Crippen LogP contribution in [0.5, 0.6) is 5.75 Å². The maximum Gasteiger partial charge on any atom is 0.303 e. The van der Waals surface area contributed by atoms with E-state index in [-0.39, 0.29) is 12.3 Å².